The number of carbonyl (C=O) groups excluding carboxylic acids is 2. The molecule has 0 bridgehead atoms. The summed E-state index contributed by atoms with van der Waals surface area (Å²) < 4.78 is 21.6. The second-order valence-electron chi connectivity index (χ2n) is 6.50. The lowest BCUT2D eigenvalue weighted by Crippen LogP contribution is -2.32. The molecule has 2 aromatic carbocycles. The molecule has 1 amide bonds. The van der Waals surface area contributed by atoms with Gasteiger partial charge in [-0.25, -0.2) is 0 Å². The number of hydrogen-bond acceptors (Lipinski definition) is 8. The van der Waals surface area contributed by atoms with Crippen LogP contribution >= 0.6 is 23.2 Å². The lowest BCUT2D eigenvalue weighted by Gasteiger charge is -2.16. The maximum Gasteiger partial charge on any atom is 0.258 e. The monoisotopic (exact) mass is 497 g/mol. The van der Waals surface area contributed by atoms with Crippen molar-refractivity contribution in [2.75, 3.05) is 32.8 Å². The minimum Gasteiger partial charge on any atom is -0.492 e. The predicted molar refractivity (Wildman–Crippen MR) is 126 cm³/mol. The molecule has 1 atom stereocenters. The van der Waals surface area contributed by atoms with E-state index in [2.05, 4.69) is 15.5 Å². The summed E-state index contributed by atoms with van der Waals surface area (Å²) in [5, 5.41) is 11.2. The fourth-order valence-corrected chi connectivity index (χ4v) is 3.25. The number of nitrogens with zero attached hydrogens (tertiary/aromatic N) is 2. The Morgan fingerprint density at radius 1 is 0.970 bits per heavy atom. The van der Waals surface area contributed by atoms with Crippen molar-refractivity contribution in [2.24, 2.45) is 10.2 Å². The van der Waals surface area contributed by atoms with Gasteiger partial charge in [0.15, 0.2) is 17.3 Å². The van der Waals surface area contributed by atoms with E-state index in [4.69, 9.17) is 42.1 Å². The Morgan fingerprint density at radius 3 is 2.18 bits per heavy atom. The molecule has 11 heteroatoms. The normalized spacial score (nSPS) is 11.7. The van der Waals surface area contributed by atoms with Crippen molar-refractivity contribution in [3.63, 3.8) is 0 Å². The Balaban J connectivity index is 2.36. The van der Waals surface area contributed by atoms with Gasteiger partial charge in [0, 0.05) is 6.07 Å². The summed E-state index contributed by atoms with van der Waals surface area (Å²) in [5.41, 5.74) is 0.499. The van der Waals surface area contributed by atoms with Crippen LogP contribution in [0.2, 0.25) is 10.0 Å². The molecule has 0 saturated heterocycles. The Bertz CT molecular complexity index is 1050. The van der Waals surface area contributed by atoms with Crippen LogP contribution in [0.4, 0.5) is 11.4 Å². The van der Waals surface area contributed by atoms with E-state index < -0.39 is 17.7 Å². The van der Waals surface area contributed by atoms with Crippen molar-refractivity contribution >= 4 is 46.3 Å². The van der Waals surface area contributed by atoms with Crippen molar-refractivity contribution in [1.82, 2.24) is 0 Å². The van der Waals surface area contributed by atoms with Gasteiger partial charge in [0.2, 0.25) is 6.04 Å². The van der Waals surface area contributed by atoms with Gasteiger partial charge in [0.25, 0.3) is 5.91 Å². The van der Waals surface area contributed by atoms with Crippen LogP contribution in [0, 0.1) is 0 Å². The zero-order valence-corrected chi connectivity index (χ0v) is 20.4. The minimum absolute atomic E-state index is 0.216. The third kappa shape index (κ3) is 6.49. The molecule has 2 aromatic rings. The second kappa shape index (κ2) is 12.3. The van der Waals surface area contributed by atoms with E-state index in [1.165, 1.54) is 39.3 Å². The highest BCUT2D eigenvalue weighted by molar-refractivity contribution is 6.33. The second-order valence-corrected chi connectivity index (χ2v) is 7.31. The molecule has 0 aliphatic carbocycles. The fraction of sp³-hybridized carbons (Fsp3) is 0.364. The zero-order chi connectivity index (χ0) is 24.5. The Hall–Kier alpha value is -3.04. The molecule has 0 aromatic heterocycles. The van der Waals surface area contributed by atoms with E-state index in [1.807, 2.05) is 6.92 Å². The standard InChI is InChI=1S/C22H25Cl2N3O6/c1-6-32-17-11-18(33-7-2)16(10-14(17)24)25-22(29)19(12(3)28)27-26-15-9-8-13(23)20(30-4)21(15)31-5/h8-11,19H,6-7H2,1-5H3,(H,25,29). The number of halogens is 2. The van der Waals surface area contributed by atoms with Gasteiger partial charge in [-0.05, 0) is 39.0 Å². The van der Waals surface area contributed by atoms with Crippen LogP contribution in [-0.2, 0) is 9.59 Å². The maximum absolute atomic E-state index is 12.9. The number of rotatable bonds is 11. The molecular formula is C22H25Cl2N3O6. The average Bonchev–Trinajstić information content (AvgIpc) is 2.77. The molecule has 0 radical (unpaired) electrons. The lowest BCUT2D eigenvalue weighted by molar-refractivity contribution is -0.126. The minimum atomic E-state index is -1.43. The van der Waals surface area contributed by atoms with Gasteiger partial charge in [-0.2, -0.15) is 10.2 Å². The molecule has 0 heterocycles. The van der Waals surface area contributed by atoms with E-state index in [1.54, 1.807) is 13.0 Å². The molecule has 1 unspecified atom stereocenters. The third-order valence-corrected chi connectivity index (χ3v) is 4.85. The zero-order valence-electron chi connectivity index (χ0n) is 18.9. The third-order valence-electron chi connectivity index (χ3n) is 4.26. The first-order valence-electron chi connectivity index (χ1n) is 9.99. The maximum atomic E-state index is 12.9. The van der Waals surface area contributed by atoms with Gasteiger partial charge in [-0.3, -0.25) is 9.59 Å². The number of carbonyl (C=O) groups is 2. The predicted octanol–water partition coefficient (Wildman–Crippen LogP) is 5.49. The fourth-order valence-electron chi connectivity index (χ4n) is 2.81. The highest BCUT2D eigenvalue weighted by atomic mass is 35.5. The van der Waals surface area contributed by atoms with Crippen LogP contribution in [0.1, 0.15) is 20.8 Å². The number of ether oxygens (including phenoxy) is 4. The summed E-state index contributed by atoms with van der Waals surface area (Å²) in [4.78, 5) is 25.1. The summed E-state index contributed by atoms with van der Waals surface area (Å²) in [6.07, 6.45) is 0. The molecule has 9 nitrogen and oxygen atoms in total. The topological polar surface area (TPSA) is 108 Å². The largest absolute Gasteiger partial charge is 0.492 e. The number of ketones is 1. The van der Waals surface area contributed by atoms with Gasteiger partial charge in [0.05, 0.1) is 43.2 Å². The number of methoxy groups -OCH3 is 2. The summed E-state index contributed by atoms with van der Waals surface area (Å²) in [5.74, 6) is -0.0223. The molecule has 2 rings (SSSR count). The Morgan fingerprint density at radius 2 is 1.61 bits per heavy atom. The van der Waals surface area contributed by atoms with Gasteiger partial charge >= 0.3 is 0 Å². The van der Waals surface area contributed by atoms with Crippen LogP contribution < -0.4 is 24.3 Å². The summed E-state index contributed by atoms with van der Waals surface area (Å²) in [6.45, 7) is 5.59. The molecule has 178 valence electrons. The molecule has 33 heavy (non-hydrogen) atoms. The number of benzene rings is 2. The van der Waals surface area contributed by atoms with Crippen molar-refractivity contribution < 1.29 is 28.5 Å². The number of Topliss-reactive ketones (excluding diaryl/α,β-unsaturated/α-hetero) is 1. The summed E-state index contributed by atoms with van der Waals surface area (Å²) >= 11 is 12.3. The smallest absolute Gasteiger partial charge is 0.258 e. The number of nitrogens with one attached hydrogen (secondary N) is 1. The summed E-state index contributed by atoms with van der Waals surface area (Å²) in [6, 6.07) is 4.69. The average molecular weight is 498 g/mol. The molecule has 0 spiro atoms. The number of azo groups is 1. The van der Waals surface area contributed by atoms with E-state index in [0.717, 1.165) is 0 Å². The SMILES string of the molecule is CCOc1cc(OCC)c(NC(=O)C(N=Nc2ccc(Cl)c(OC)c2OC)C(C)=O)cc1Cl. The van der Waals surface area contributed by atoms with E-state index >= 15 is 0 Å². The van der Waals surface area contributed by atoms with Gasteiger partial charge in [-0.15, -0.1) is 0 Å². The lowest BCUT2D eigenvalue weighted by atomic mass is 10.2. The molecule has 0 fully saturated rings. The highest BCUT2D eigenvalue weighted by Gasteiger charge is 2.25. The van der Waals surface area contributed by atoms with Gasteiger partial charge in [-0.1, -0.05) is 23.2 Å². The van der Waals surface area contributed by atoms with Crippen molar-refractivity contribution in [3.8, 4) is 23.0 Å². The number of amides is 1. The molecule has 0 aliphatic heterocycles. The van der Waals surface area contributed by atoms with Crippen LogP contribution in [0.3, 0.4) is 0 Å². The number of anilines is 1. The van der Waals surface area contributed by atoms with E-state index in [-0.39, 0.29) is 27.9 Å². The first-order chi connectivity index (χ1) is 15.8. The highest BCUT2D eigenvalue weighted by Crippen LogP contribution is 2.42. The van der Waals surface area contributed by atoms with Crippen molar-refractivity contribution in [3.05, 3.63) is 34.3 Å². The van der Waals surface area contributed by atoms with Crippen molar-refractivity contribution in [1.29, 1.82) is 0 Å². The molecular weight excluding hydrogens is 473 g/mol. The van der Waals surface area contributed by atoms with E-state index in [9.17, 15) is 9.59 Å². The molecule has 0 saturated carbocycles. The van der Waals surface area contributed by atoms with Gasteiger partial charge < -0.3 is 24.3 Å². The molecule has 0 aliphatic rings. The first-order valence-corrected chi connectivity index (χ1v) is 10.7. The first kappa shape index (κ1) is 26.2. The Labute approximate surface area is 202 Å². The molecule has 1 N–H and O–H groups in total. The van der Waals surface area contributed by atoms with Crippen LogP contribution in [0.5, 0.6) is 23.0 Å². The van der Waals surface area contributed by atoms with Crippen molar-refractivity contribution in [2.45, 2.75) is 26.8 Å². The van der Waals surface area contributed by atoms with Crippen LogP contribution in [-0.4, -0.2) is 45.2 Å². The summed E-state index contributed by atoms with van der Waals surface area (Å²) in [7, 11) is 2.83. The van der Waals surface area contributed by atoms with Crippen LogP contribution in [0.25, 0.3) is 0 Å². The number of hydrogen-bond donors (Lipinski definition) is 1. The Kier molecular flexibility index (Phi) is 9.74. The van der Waals surface area contributed by atoms with Crippen LogP contribution in [0.15, 0.2) is 34.5 Å². The van der Waals surface area contributed by atoms with E-state index in [0.29, 0.717) is 29.7 Å². The van der Waals surface area contributed by atoms with Gasteiger partial charge in [0.1, 0.15) is 17.2 Å². The quantitative estimate of drug-likeness (QED) is 0.324.